The van der Waals surface area contributed by atoms with Crippen LogP contribution >= 0.6 is 0 Å². The van der Waals surface area contributed by atoms with E-state index in [2.05, 4.69) is 15.3 Å². The maximum atomic E-state index is 12.7. The van der Waals surface area contributed by atoms with Crippen molar-refractivity contribution in [1.82, 2.24) is 24.5 Å². The lowest BCUT2D eigenvalue weighted by molar-refractivity contribution is 0.414. The van der Waals surface area contributed by atoms with Crippen LogP contribution in [0.25, 0.3) is 16.8 Å². The summed E-state index contributed by atoms with van der Waals surface area (Å²) in [5.41, 5.74) is 3.51. The van der Waals surface area contributed by atoms with Gasteiger partial charge in [0.1, 0.15) is 12.1 Å². The third kappa shape index (κ3) is 3.02. The summed E-state index contributed by atoms with van der Waals surface area (Å²) in [5, 5.41) is 11.0. The van der Waals surface area contributed by atoms with Crippen molar-refractivity contribution in [2.45, 2.75) is 6.54 Å². The average Bonchev–Trinajstić information content (AvgIpc) is 3.33. The van der Waals surface area contributed by atoms with Gasteiger partial charge in [-0.1, -0.05) is 24.3 Å². The summed E-state index contributed by atoms with van der Waals surface area (Å²) >= 11 is 0. The van der Waals surface area contributed by atoms with Crippen molar-refractivity contribution < 1.29 is 4.74 Å². The zero-order valence-electron chi connectivity index (χ0n) is 14.2. The van der Waals surface area contributed by atoms with Crippen molar-refractivity contribution in [3.05, 3.63) is 83.3 Å². The summed E-state index contributed by atoms with van der Waals surface area (Å²) in [5.74, 6) is 0.762. The first kappa shape index (κ1) is 15.9. The lowest BCUT2D eigenvalue weighted by Gasteiger charge is -2.04. The number of nitrogens with zero attached hydrogens (tertiary/aromatic N) is 4. The molecule has 0 spiro atoms. The molecule has 0 aliphatic heterocycles. The molecule has 2 aromatic carbocycles. The lowest BCUT2D eigenvalue weighted by Crippen LogP contribution is -2.24. The Kier molecular flexibility index (Phi) is 4.10. The molecule has 0 atom stereocenters. The maximum Gasteiger partial charge on any atom is 0.350 e. The van der Waals surface area contributed by atoms with E-state index < -0.39 is 0 Å². The second-order valence-electron chi connectivity index (χ2n) is 5.84. The van der Waals surface area contributed by atoms with Crippen LogP contribution in [0.15, 0.2) is 72.0 Å². The number of ether oxygens (including phenoxy) is 1. The fourth-order valence-corrected chi connectivity index (χ4v) is 2.79. The van der Waals surface area contributed by atoms with Crippen molar-refractivity contribution in [1.29, 1.82) is 0 Å². The molecule has 0 saturated heterocycles. The number of aromatic amines is 1. The second kappa shape index (κ2) is 6.72. The van der Waals surface area contributed by atoms with Gasteiger partial charge in [-0.25, -0.2) is 4.79 Å². The van der Waals surface area contributed by atoms with Crippen LogP contribution in [-0.2, 0) is 6.54 Å². The summed E-state index contributed by atoms with van der Waals surface area (Å²) in [7, 11) is 1.62. The third-order valence-electron chi connectivity index (χ3n) is 4.16. The highest BCUT2D eigenvalue weighted by molar-refractivity contribution is 5.62. The Morgan fingerprint density at radius 2 is 1.96 bits per heavy atom. The van der Waals surface area contributed by atoms with Gasteiger partial charge in [0, 0.05) is 11.8 Å². The number of hydrogen-bond acceptors (Lipinski definition) is 4. The first-order valence-corrected chi connectivity index (χ1v) is 8.11. The van der Waals surface area contributed by atoms with E-state index in [-0.39, 0.29) is 5.69 Å². The van der Waals surface area contributed by atoms with Gasteiger partial charge in [-0.05, 0) is 35.4 Å². The Morgan fingerprint density at radius 3 is 2.69 bits per heavy atom. The van der Waals surface area contributed by atoms with E-state index in [1.165, 1.54) is 4.68 Å². The first-order valence-electron chi connectivity index (χ1n) is 8.11. The predicted molar refractivity (Wildman–Crippen MR) is 97.5 cm³/mol. The van der Waals surface area contributed by atoms with Crippen LogP contribution in [0, 0.1) is 0 Å². The van der Waals surface area contributed by atoms with Gasteiger partial charge in [-0.2, -0.15) is 14.9 Å². The quantitative estimate of drug-likeness (QED) is 0.602. The summed E-state index contributed by atoms with van der Waals surface area (Å²) in [6.07, 6.45) is 5.12. The van der Waals surface area contributed by atoms with E-state index in [1.807, 2.05) is 54.7 Å². The topological polar surface area (TPSA) is 77.7 Å². The van der Waals surface area contributed by atoms with E-state index in [4.69, 9.17) is 4.74 Å². The Bertz CT molecular complexity index is 1060. The van der Waals surface area contributed by atoms with Crippen LogP contribution < -0.4 is 10.4 Å². The number of aromatic nitrogens is 5. The summed E-state index contributed by atoms with van der Waals surface area (Å²) in [6.45, 7) is 0.434. The molecule has 0 aliphatic rings. The fraction of sp³-hybridized carbons (Fsp3) is 0.105. The third-order valence-corrected chi connectivity index (χ3v) is 4.16. The standard InChI is InChI=1S/C19H17N5O2/c1-26-18-4-2-3-14(9-18)12-23-13-22-24(19(23)25)17-7-5-15(6-8-17)16-10-20-21-11-16/h2-11,13H,12H2,1H3,(H,20,21). The molecule has 0 bridgehead atoms. The molecule has 1 N–H and O–H groups in total. The van der Waals surface area contributed by atoms with Gasteiger partial charge < -0.3 is 4.74 Å². The molecule has 0 amide bonds. The lowest BCUT2D eigenvalue weighted by atomic mass is 10.1. The van der Waals surface area contributed by atoms with E-state index in [1.54, 1.807) is 24.2 Å². The molecule has 7 nitrogen and oxygen atoms in total. The predicted octanol–water partition coefficient (Wildman–Crippen LogP) is 2.48. The Balaban J connectivity index is 1.60. The smallest absolute Gasteiger partial charge is 0.350 e. The number of H-pyrrole nitrogens is 1. The summed E-state index contributed by atoms with van der Waals surface area (Å²) < 4.78 is 8.18. The van der Waals surface area contributed by atoms with Gasteiger partial charge in [0.2, 0.25) is 0 Å². The van der Waals surface area contributed by atoms with Gasteiger partial charge in [-0.3, -0.25) is 9.67 Å². The zero-order chi connectivity index (χ0) is 17.9. The largest absolute Gasteiger partial charge is 0.497 e. The molecule has 0 unspecified atom stereocenters. The van der Waals surface area contributed by atoms with Crippen LogP contribution in [0.2, 0.25) is 0 Å². The minimum Gasteiger partial charge on any atom is -0.497 e. The maximum absolute atomic E-state index is 12.7. The molecule has 0 saturated carbocycles. The van der Waals surface area contributed by atoms with Crippen LogP contribution in [0.1, 0.15) is 5.56 Å². The van der Waals surface area contributed by atoms with Crippen molar-refractivity contribution in [2.24, 2.45) is 0 Å². The molecule has 2 heterocycles. The molecule has 0 radical (unpaired) electrons. The van der Waals surface area contributed by atoms with Crippen molar-refractivity contribution in [3.63, 3.8) is 0 Å². The number of methoxy groups -OCH3 is 1. The number of hydrogen-bond donors (Lipinski definition) is 1. The highest BCUT2D eigenvalue weighted by Crippen LogP contribution is 2.19. The minimum atomic E-state index is -0.191. The SMILES string of the molecule is COc1cccc(Cn2cnn(-c3ccc(-c4cn[nH]c4)cc3)c2=O)c1. The molecular weight excluding hydrogens is 330 g/mol. The molecule has 0 fully saturated rings. The summed E-state index contributed by atoms with van der Waals surface area (Å²) in [4.78, 5) is 12.7. The van der Waals surface area contributed by atoms with Crippen LogP contribution in [0.3, 0.4) is 0 Å². The normalized spacial score (nSPS) is 10.8. The molecule has 130 valence electrons. The highest BCUT2D eigenvalue weighted by Gasteiger charge is 2.09. The van der Waals surface area contributed by atoms with Crippen LogP contribution in [-0.4, -0.2) is 31.7 Å². The van der Waals surface area contributed by atoms with Gasteiger partial charge in [0.25, 0.3) is 0 Å². The average molecular weight is 347 g/mol. The second-order valence-corrected chi connectivity index (χ2v) is 5.84. The highest BCUT2D eigenvalue weighted by atomic mass is 16.5. The van der Waals surface area contributed by atoms with E-state index in [0.717, 1.165) is 22.4 Å². The van der Waals surface area contributed by atoms with Crippen LogP contribution in [0.5, 0.6) is 5.75 Å². The zero-order valence-corrected chi connectivity index (χ0v) is 14.2. The number of benzene rings is 2. The molecular formula is C19H17N5O2. The molecule has 7 heteroatoms. The van der Waals surface area contributed by atoms with Crippen molar-refractivity contribution in [2.75, 3.05) is 7.11 Å². The number of nitrogens with one attached hydrogen (secondary N) is 1. The van der Waals surface area contributed by atoms with E-state index in [0.29, 0.717) is 12.2 Å². The first-order chi connectivity index (χ1) is 12.7. The molecule has 0 aliphatic carbocycles. The van der Waals surface area contributed by atoms with Gasteiger partial charge in [0.05, 0.1) is 25.5 Å². The van der Waals surface area contributed by atoms with Crippen molar-refractivity contribution in [3.8, 4) is 22.6 Å². The molecule has 4 rings (SSSR count). The minimum absolute atomic E-state index is 0.191. The van der Waals surface area contributed by atoms with E-state index >= 15 is 0 Å². The van der Waals surface area contributed by atoms with Crippen LogP contribution in [0.4, 0.5) is 0 Å². The van der Waals surface area contributed by atoms with Crippen molar-refractivity contribution >= 4 is 0 Å². The van der Waals surface area contributed by atoms with Gasteiger partial charge in [0.15, 0.2) is 0 Å². The fourth-order valence-electron chi connectivity index (χ4n) is 2.79. The van der Waals surface area contributed by atoms with Gasteiger partial charge in [-0.15, -0.1) is 0 Å². The summed E-state index contributed by atoms with van der Waals surface area (Å²) in [6, 6.07) is 15.2. The Hall–Kier alpha value is -3.61. The Morgan fingerprint density at radius 1 is 1.12 bits per heavy atom. The molecule has 26 heavy (non-hydrogen) atoms. The molecule has 4 aromatic rings. The van der Waals surface area contributed by atoms with E-state index in [9.17, 15) is 4.79 Å². The van der Waals surface area contributed by atoms with Gasteiger partial charge >= 0.3 is 5.69 Å². The Labute approximate surface area is 149 Å². The number of rotatable bonds is 5. The monoisotopic (exact) mass is 347 g/mol. The molecule has 2 aromatic heterocycles.